The highest BCUT2D eigenvalue weighted by Gasteiger charge is 2.29. The third kappa shape index (κ3) is 2.20. The van der Waals surface area contributed by atoms with E-state index >= 15 is 0 Å². The van der Waals surface area contributed by atoms with E-state index in [9.17, 15) is 9.90 Å². The van der Waals surface area contributed by atoms with Gasteiger partial charge in [0.05, 0.1) is 5.56 Å². The molecule has 1 aromatic carbocycles. The molecule has 3 N–H and O–H groups in total. The standard InChI is InChI=1S/C13H18N2O2/c1-2-9-4-3-7-15(9)13(17)11-8-10(16)5-6-12(11)14/h5-6,8-9,16H,2-4,7,14H2,1H3. The summed E-state index contributed by atoms with van der Waals surface area (Å²) >= 11 is 0. The first-order valence-corrected chi connectivity index (χ1v) is 6.03. The Morgan fingerprint density at radius 3 is 3.06 bits per heavy atom. The van der Waals surface area contributed by atoms with E-state index in [1.165, 1.54) is 12.1 Å². The highest BCUT2D eigenvalue weighted by Crippen LogP contribution is 2.26. The third-order valence-electron chi connectivity index (χ3n) is 3.38. The number of hydrogen-bond donors (Lipinski definition) is 2. The van der Waals surface area contributed by atoms with E-state index in [-0.39, 0.29) is 11.7 Å². The number of amides is 1. The van der Waals surface area contributed by atoms with Gasteiger partial charge in [0.25, 0.3) is 5.91 Å². The van der Waals surface area contributed by atoms with Gasteiger partial charge >= 0.3 is 0 Å². The fraction of sp³-hybridized carbons (Fsp3) is 0.462. The number of anilines is 1. The molecule has 92 valence electrons. The molecule has 1 aliphatic heterocycles. The van der Waals surface area contributed by atoms with Crippen LogP contribution in [0.15, 0.2) is 18.2 Å². The van der Waals surface area contributed by atoms with E-state index in [0.29, 0.717) is 17.3 Å². The first-order valence-electron chi connectivity index (χ1n) is 6.03. The minimum Gasteiger partial charge on any atom is -0.508 e. The molecule has 0 bridgehead atoms. The van der Waals surface area contributed by atoms with Crippen molar-refractivity contribution in [3.8, 4) is 5.75 Å². The van der Waals surface area contributed by atoms with E-state index in [0.717, 1.165) is 25.8 Å². The maximum absolute atomic E-state index is 12.3. The molecule has 4 heteroatoms. The van der Waals surface area contributed by atoms with Crippen molar-refractivity contribution in [2.24, 2.45) is 0 Å². The zero-order valence-corrected chi connectivity index (χ0v) is 10.0. The Bertz CT molecular complexity index is 431. The fourth-order valence-corrected chi connectivity index (χ4v) is 2.41. The number of aromatic hydroxyl groups is 1. The summed E-state index contributed by atoms with van der Waals surface area (Å²) < 4.78 is 0. The first kappa shape index (κ1) is 11.8. The number of hydrogen-bond acceptors (Lipinski definition) is 3. The second-order valence-electron chi connectivity index (χ2n) is 4.47. The van der Waals surface area contributed by atoms with E-state index in [1.54, 1.807) is 6.07 Å². The van der Waals surface area contributed by atoms with Crippen LogP contribution in [0, 0.1) is 0 Å². The van der Waals surface area contributed by atoms with Crippen LogP contribution in [0.25, 0.3) is 0 Å². The smallest absolute Gasteiger partial charge is 0.256 e. The first-order chi connectivity index (χ1) is 8.13. The molecule has 0 aromatic heterocycles. The van der Waals surface area contributed by atoms with Crippen molar-refractivity contribution in [3.05, 3.63) is 23.8 Å². The van der Waals surface area contributed by atoms with Gasteiger partial charge in [0, 0.05) is 18.3 Å². The number of carbonyl (C=O) groups excluding carboxylic acids is 1. The van der Waals surface area contributed by atoms with Gasteiger partial charge < -0.3 is 15.7 Å². The lowest BCUT2D eigenvalue weighted by Gasteiger charge is -2.24. The molecular weight excluding hydrogens is 216 g/mol. The maximum atomic E-state index is 12.3. The van der Waals surface area contributed by atoms with E-state index < -0.39 is 0 Å². The monoisotopic (exact) mass is 234 g/mol. The van der Waals surface area contributed by atoms with Crippen molar-refractivity contribution < 1.29 is 9.90 Å². The molecule has 1 fully saturated rings. The molecule has 1 heterocycles. The quantitative estimate of drug-likeness (QED) is 0.607. The second-order valence-corrected chi connectivity index (χ2v) is 4.47. The number of carbonyl (C=O) groups is 1. The van der Waals surface area contributed by atoms with Crippen LogP contribution in [0.5, 0.6) is 5.75 Å². The van der Waals surface area contributed by atoms with E-state index in [2.05, 4.69) is 6.92 Å². The van der Waals surface area contributed by atoms with Crippen molar-refractivity contribution in [2.75, 3.05) is 12.3 Å². The largest absolute Gasteiger partial charge is 0.508 e. The van der Waals surface area contributed by atoms with Crippen LogP contribution in [0.3, 0.4) is 0 Å². The zero-order valence-electron chi connectivity index (χ0n) is 10.0. The lowest BCUT2D eigenvalue weighted by molar-refractivity contribution is 0.0734. The van der Waals surface area contributed by atoms with Crippen molar-refractivity contribution in [1.29, 1.82) is 0 Å². The number of phenolic OH excluding ortho intramolecular Hbond substituents is 1. The topological polar surface area (TPSA) is 66.6 Å². The van der Waals surface area contributed by atoms with Gasteiger partial charge in [-0.15, -0.1) is 0 Å². The Morgan fingerprint density at radius 2 is 2.35 bits per heavy atom. The molecule has 0 saturated carbocycles. The molecule has 1 aromatic rings. The van der Waals surface area contributed by atoms with Crippen molar-refractivity contribution in [2.45, 2.75) is 32.2 Å². The summed E-state index contributed by atoms with van der Waals surface area (Å²) in [6.45, 7) is 2.87. The van der Waals surface area contributed by atoms with Crippen LogP contribution in [-0.4, -0.2) is 28.5 Å². The Hall–Kier alpha value is -1.71. The molecular formula is C13H18N2O2. The third-order valence-corrected chi connectivity index (χ3v) is 3.38. The zero-order chi connectivity index (χ0) is 12.4. The highest BCUT2D eigenvalue weighted by molar-refractivity contribution is 5.99. The highest BCUT2D eigenvalue weighted by atomic mass is 16.3. The van der Waals surface area contributed by atoms with Gasteiger partial charge in [0.15, 0.2) is 0 Å². The van der Waals surface area contributed by atoms with E-state index in [1.807, 2.05) is 4.90 Å². The number of nitrogens with two attached hydrogens (primary N) is 1. The number of rotatable bonds is 2. The van der Waals surface area contributed by atoms with Gasteiger partial charge in [-0.1, -0.05) is 6.92 Å². The minimum atomic E-state index is -0.0669. The Kier molecular flexibility index (Phi) is 3.22. The van der Waals surface area contributed by atoms with Crippen LogP contribution < -0.4 is 5.73 Å². The molecule has 1 unspecified atom stereocenters. The van der Waals surface area contributed by atoms with Crippen LogP contribution in [0.4, 0.5) is 5.69 Å². The SMILES string of the molecule is CCC1CCCN1C(=O)c1cc(O)ccc1N. The maximum Gasteiger partial charge on any atom is 0.256 e. The van der Waals surface area contributed by atoms with Gasteiger partial charge in [-0.25, -0.2) is 0 Å². The Morgan fingerprint density at radius 1 is 1.59 bits per heavy atom. The average Bonchev–Trinajstić information content (AvgIpc) is 2.79. The lowest BCUT2D eigenvalue weighted by Crippen LogP contribution is -2.35. The summed E-state index contributed by atoms with van der Waals surface area (Å²) in [5.74, 6) is 0.0116. The van der Waals surface area contributed by atoms with Gasteiger partial charge in [0.2, 0.25) is 0 Å². The summed E-state index contributed by atoms with van der Waals surface area (Å²) in [6.07, 6.45) is 3.06. The Labute approximate surface area is 101 Å². The van der Waals surface area contributed by atoms with Crippen LogP contribution in [0.2, 0.25) is 0 Å². The number of nitrogens with zero attached hydrogens (tertiary/aromatic N) is 1. The van der Waals surface area contributed by atoms with E-state index in [4.69, 9.17) is 5.73 Å². The molecule has 0 aliphatic carbocycles. The molecule has 1 atom stereocenters. The van der Waals surface area contributed by atoms with Crippen LogP contribution >= 0.6 is 0 Å². The predicted molar refractivity (Wildman–Crippen MR) is 66.9 cm³/mol. The van der Waals surface area contributed by atoms with Crippen molar-refractivity contribution >= 4 is 11.6 Å². The predicted octanol–water partition coefficient (Wildman–Crippen LogP) is 1.99. The summed E-state index contributed by atoms with van der Waals surface area (Å²) in [5.41, 5.74) is 6.62. The van der Waals surface area contributed by atoms with Crippen LogP contribution in [-0.2, 0) is 0 Å². The summed E-state index contributed by atoms with van der Waals surface area (Å²) in [6, 6.07) is 4.82. The van der Waals surface area contributed by atoms with Gasteiger partial charge in [-0.2, -0.15) is 0 Å². The van der Waals surface area contributed by atoms with Crippen molar-refractivity contribution in [1.82, 2.24) is 4.90 Å². The van der Waals surface area contributed by atoms with Gasteiger partial charge in [-0.3, -0.25) is 4.79 Å². The second kappa shape index (κ2) is 4.65. The summed E-state index contributed by atoms with van der Waals surface area (Å²) in [7, 11) is 0. The number of likely N-dealkylation sites (tertiary alicyclic amines) is 1. The molecule has 1 aliphatic rings. The fourth-order valence-electron chi connectivity index (χ4n) is 2.41. The molecule has 0 spiro atoms. The Balaban J connectivity index is 2.27. The lowest BCUT2D eigenvalue weighted by atomic mass is 10.1. The van der Waals surface area contributed by atoms with Crippen LogP contribution in [0.1, 0.15) is 36.5 Å². The summed E-state index contributed by atoms with van der Waals surface area (Å²) in [5, 5.41) is 9.43. The molecule has 2 rings (SSSR count). The average molecular weight is 234 g/mol. The molecule has 1 saturated heterocycles. The summed E-state index contributed by atoms with van der Waals surface area (Å²) in [4.78, 5) is 14.2. The van der Waals surface area contributed by atoms with Gasteiger partial charge in [-0.05, 0) is 37.5 Å². The van der Waals surface area contributed by atoms with Crippen molar-refractivity contribution in [3.63, 3.8) is 0 Å². The number of benzene rings is 1. The normalized spacial score (nSPS) is 19.6. The minimum absolute atomic E-state index is 0.0669. The molecule has 17 heavy (non-hydrogen) atoms. The van der Waals surface area contributed by atoms with Gasteiger partial charge in [0.1, 0.15) is 5.75 Å². The molecule has 0 radical (unpaired) electrons. The number of nitrogen functional groups attached to an aromatic ring is 1. The molecule has 4 nitrogen and oxygen atoms in total. The number of phenols is 1. The molecule has 1 amide bonds.